The van der Waals surface area contributed by atoms with E-state index in [1.54, 1.807) is 18.7 Å². The van der Waals surface area contributed by atoms with Crippen LogP contribution in [0.2, 0.25) is 0 Å². The highest BCUT2D eigenvalue weighted by molar-refractivity contribution is 7.99. The predicted octanol–water partition coefficient (Wildman–Crippen LogP) is 2.79. The molecule has 1 aromatic heterocycles. The number of nitrogens with one attached hydrogen (secondary N) is 1. The van der Waals surface area contributed by atoms with Crippen molar-refractivity contribution in [1.82, 2.24) is 5.32 Å². The quantitative estimate of drug-likeness (QED) is 0.906. The Labute approximate surface area is 131 Å². The van der Waals surface area contributed by atoms with Crippen molar-refractivity contribution in [3.8, 4) is 0 Å². The number of hydrogen-bond donors (Lipinski definition) is 2. The molecule has 1 amide bonds. The molecule has 0 radical (unpaired) electrons. The molecule has 2 aromatic rings. The zero-order valence-electron chi connectivity index (χ0n) is 12.0. The smallest absolute Gasteiger partial charge is 0.339 e. The van der Waals surface area contributed by atoms with Crippen LogP contribution >= 0.6 is 11.8 Å². The number of aryl methyl sites for hydroxylation is 1. The number of thioether (sulfide) groups is 1. The first-order valence-electron chi connectivity index (χ1n) is 6.88. The van der Waals surface area contributed by atoms with Crippen LogP contribution in [0.25, 0.3) is 0 Å². The molecule has 1 aliphatic heterocycles. The highest BCUT2D eigenvalue weighted by Crippen LogP contribution is 2.39. The highest BCUT2D eigenvalue weighted by atomic mass is 32.2. The average molecular weight is 317 g/mol. The number of carbonyl (C=O) groups excluding carboxylic acids is 1. The van der Waals surface area contributed by atoms with Gasteiger partial charge in [0.05, 0.1) is 12.5 Å². The van der Waals surface area contributed by atoms with Crippen LogP contribution in [-0.4, -0.2) is 22.7 Å². The number of amides is 1. The van der Waals surface area contributed by atoms with Crippen molar-refractivity contribution in [1.29, 1.82) is 0 Å². The molecular weight excluding hydrogens is 302 g/mol. The van der Waals surface area contributed by atoms with Gasteiger partial charge in [-0.15, -0.1) is 11.8 Å². The standard InChI is InChI=1S/C16H15NO4S/c1-9-12(16(19)20)6-10(21-9)7-17-15(18)13-8-22-14-5-3-2-4-11(13)14/h2-6,13H,7-8H2,1H3,(H,17,18)(H,19,20). The van der Waals surface area contributed by atoms with E-state index in [0.717, 1.165) is 16.2 Å². The summed E-state index contributed by atoms with van der Waals surface area (Å²) in [6, 6.07) is 9.34. The van der Waals surface area contributed by atoms with Crippen molar-refractivity contribution in [2.45, 2.75) is 24.3 Å². The van der Waals surface area contributed by atoms with Crippen molar-refractivity contribution < 1.29 is 19.1 Å². The lowest BCUT2D eigenvalue weighted by Gasteiger charge is -2.10. The zero-order valence-corrected chi connectivity index (χ0v) is 12.8. The minimum atomic E-state index is -1.03. The van der Waals surface area contributed by atoms with Crippen molar-refractivity contribution in [2.24, 2.45) is 0 Å². The van der Waals surface area contributed by atoms with Gasteiger partial charge < -0.3 is 14.8 Å². The fourth-order valence-corrected chi connectivity index (χ4v) is 3.75. The molecule has 1 aromatic carbocycles. The van der Waals surface area contributed by atoms with Crippen LogP contribution < -0.4 is 5.32 Å². The highest BCUT2D eigenvalue weighted by Gasteiger charge is 2.28. The van der Waals surface area contributed by atoms with Crippen LogP contribution in [0.1, 0.15) is 33.4 Å². The average Bonchev–Trinajstić information content (AvgIpc) is 3.08. The zero-order chi connectivity index (χ0) is 15.7. The number of fused-ring (bicyclic) bond motifs is 1. The Hall–Kier alpha value is -2.21. The van der Waals surface area contributed by atoms with Crippen LogP contribution in [0.15, 0.2) is 39.6 Å². The second-order valence-electron chi connectivity index (χ2n) is 5.11. The Morgan fingerprint density at radius 1 is 1.41 bits per heavy atom. The first-order valence-corrected chi connectivity index (χ1v) is 7.87. The molecule has 114 valence electrons. The molecular formula is C16H15NO4S. The SMILES string of the molecule is Cc1oc(CNC(=O)C2CSc3ccccc32)cc1C(=O)O. The predicted molar refractivity (Wildman–Crippen MR) is 82.2 cm³/mol. The third-order valence-corrected chi connectivity index (χ3v) is 4.84. The van der Waals surface area contributed by atoms with Gasteiger partial charge in [0.15, 0.2) is 0 Å². The number of aromatic carboxylic acids is 1. The van der Waals surface area contributed by atoms with Crippen molar-refractivity contribution in [3.05, 3.63) is 53.0 Å². The van der Waals surface area contributed by atoms with Crippen LogP contribution in [0.5, 0.6) is 0 Å². The first-order chi connectivity index (χ1) is 10.6. The molecule has 1 unspecified atom stereocenters. The Kier molecular flexibility index (Phi) is 3.94. The summed E-state index contributed by atoms with van der Waals surface area (Å²) in [5.41, 5.74) is 1.18. The van der Waals surface area contributed by atoms with Gasteiger partial charge in [-0.1, -0.05) is 18.2 Å². The first kappa shape index (κ1) is 14.7. The summed E-state index contributed by atoms with van der Waals surface area (Å²) in [5, 5.41) is 11.8. The number of furan rings is 1. The van der Waals surface area contributed by atoms with E-state index in [1.807, 2.05) is 24.3 Å². The molecule has 3 rings (SSSR count). The summed E-state index contributed by atoms with van der Waals surface area (Å²) in [6.07, 6.45) is 0. The maximum absolute atomic E-state index is 12.3. The molecule has 6 heteroatoms. The topological polar surface area (TPSA) is 79.5 Å². The molecule has 2 heterocycles. The van der Waals surface area contributed by atoms with Crippen molar-refractivity contribution >= 4 is 23.6 Å². The molecule has 0 fully saturated rings. The largest absolute Gasteiger partial charge is 0.478 e. The van der Waals surface area contributed by atoms with Gasteiger partial charge in [-0.05, 0) is 24.6 Å². The molecule has 5 nitrogen and oxygen atoms in total. The van der Waals surface area contributed by atoms with Gasteiger partial charge >= 0.3 is 5.97 Å². The van der Waals surface area contributed by atoms with E-state index in [1.165, 1.54) is 6.07 Å². The number of carboxylic acid groups (broad SMARTS) is 1. The summed E-state index contributed by atoms with van der Waals surface area (Å²) in [4.78, 5) is 24.4. The Morgan fingerprint density at radius 3 is 2.91 bits per heavy atom. The molecule has 0 saturated heterocycles. The second kappa shape index (κ2) is 5.88. The lowest BCUT2D eigenvalue weighted by Crippen LogP contribution is -2.28. The van der Waals surface area contributed by atoms with Crippen LogP contribution in [-0.2, 0) is 11.3 Å². The van der Waals surface area contributed by atoms with Gasteiger partial charge in [0.25, 0.3) is 0 Å². The Balaban J connectivity index is 1.66. The van der Waals surface area contributed by atoms with Crippen molar-refractivity contribution in [2.75, 3.05) is 5.75 Å². The number of carbonyl (C=O) groups is 2. The molecule has 1 aliphatic rings. The van der Waals surface area contributed by atoms with Gasteiger partial charge in [-0.25, -0.2) is 4.79 Å². The summed E-state index contributed by atoms with van der Waals surface area (Å²) in [6.45, 7) is 1.79. The summed E-state index contributed by atoms with van der Waals surface area (Å²) < 4.78 is 5.36. The van der Waals surface area contributed by atoms with E-state index < -0.39 is 5.97 Å². The van der Waals surface area contributed by atoms with Gasteiger partial charge in [0.2, 0.25) is 5.91 Å². The molecule has 0 saturated carbocycles. The van der Waals surface area contributed by atoms with E-state index >= 15 is 0 Å². The van der Waals surface area contributed by atoms with Crippen molar-refractivity contribution in [3.63, 3.8) is 0 Å². The lowest BCUT2D eigenvalue weighted by atomic mass is 10.0. The third-order valence-electron chi connectivity index (χ3n) is 3.65. The van der Waals surface area contributed by atoms with E-state index in [0.29, 0.717) is 11.5 Å². The lowest BCUT2D eigenvalue weighted by molar-refractivity contribution is -0.122. The van der Waals surface area contributed by atoms with Gasteiger partial charge in [0.1, 0.15) is 17.1 Å². The summed E-state index contributed by atoms with van der Waals surface area (Å²) in [5.74, 6) is 0.253. The molecule has 0 bridgehead atoms. The molecule has 1 atom stereocenters. The van der Waals surface area contributed by atoms with Gasteiger partial charge in [-0.2, -0.15) is 0 Å². The monoisotopic (exact) mass is 317 g/mol. The Morgan fingerprint density at radius 2 is 2.18 bits per heavy atom. The molecule has 0 spiro atoms. The van der Waals surface area contributed by atoms with Gasteiger partial charge in [-0.3, -0.25) is 4.79 Å². The third kappa shape index (κ3) is 2.74. The minimum absolute atomic E-state index is 0.0663. The number of hydrogen-bond acceptors (Lipinski definition) is 4. The number of rotatable bonds is 4. The fourth-order valence-electron chi connectivity index (χ4n) is 2.52. The maximum atomic E-state index is 12.3. The summed E-state index contributed by atoms with van der Waals surface area (Å²) >= 11 is 1.67. The fraction of sp³-hybridized carbons (Fsp3) is 0.250. The van der Waals surface area contributed by atoms with Gasteiger partial charge in [0, 0.05) is 10.6 Å². The van der Waals surface area contributed by atoms with Crippen LogP contribution in [0.3, 0.4) is 0 Å². The minimum Gasteiger partial charge on any atom is -0.478 e. The maximum Gasteiger partial charge on any atom is 0.339 e. The number of benzene rings is 1. The van der Waals surface area contributed by atoms with E-state index in [-0.39, 0.29) is 23.9 Å². The number of carboxylic acids is 1. The normalized spacial score (nSPS) is 16.3. The summed E-state index contributed by atoms with van der Waals surface area (Å²) in [7, 11) is 0. The van der Waals surface area contributed by atoms with Crippen LogP contribution in [0, 0.1) is 6.92 Å². The molecule has 22 heavy (non-hydrogen) atoms. The molecule has 0 aliphatic carbocycles. The van der Waals surface area contributed by atoms with E-state index in [4.69, 9.17) is 9.52 Å². The van der Waals surface area contributed by atoms with E-state index in [2.05, 4.69) is 5.32 Å². The van der Waals surface area contributed by atoms with E-state index in [9.17, 15) is 9.59 Å². The Bertz CT molecular complexity index is 737. The molecule has 2 N–H and O–H groups in total. The van der Waals surface area contributed by atoms with Crippen LogP contribution in [0.4, 0.5) is 0 Å². The second-order valence-corrected chi connectivity index (χ2v) is 6.17.